The molecular formula is C11H11NO2S2. The molecule has 2 heterocycles. The smallest absolute Gasteiger partial charge is 0.358 e. The van der Waals surface area contributed by atoms with Crippen LogP contribution in [-0.2, 0) is 4.74 Å². The number of ether oxygens (including phenoxy) is 1. The van der Waals surface area contributed by atoms with Gasteiger partial charge in [0, 0.05) is 4.88 Å². The highest BCUT2D eigenvalue weighted by Gasteiger charge is 2.17. The summed E-state index contributed by atoms with van der Waals surface area (Å²) >= 11 is 3.14. The zero-order valence-corrected chi connectivity index (χ0v) is 10.7. The van der Waals surface area contributed by atoms with Crippen LogP contribution in [0.5, 0.6) is 0 Å². The van der Waals surface area contributed by atoms with Crippen LogP contribution in [0.25, 0.3) is 9.88 Å². The average molecular weight is 253 g/mol. The molecule has 0 aliphatic carbocycles. The molecule has 0 bridgehead atoms. The Morgan fingerprint density at radius 2 is 2.38 bits per heavy atom. The summed E-state index contributed by atoms with van der Waals surface area (Å²) < 4.78 is 4.95. The fourth-order valence-electron chi connectivity index (χ4n) is 1.29. The van der Waals surface area contributed by atoms with Crippen molar-refractivity contribution in [2.45, 2.75) is 13.8 Å². The highest BCUT2D eigenvalue weighted by atomic mass is 32.1. The number of aromatic nitrogens is 1. The third kappa shape index (κ3) is 2.15. The lowest BCUT2D eigenvalue weighted by atomic mass is 10.4. The minimum Gasteiger partial charge on any atom is -0.461 e. The SMILES string of the molecule is CCOC(=O)c1nc(-c2cccs2)sc1C. The molecule has 0 aliphatic heterocycles. The number of aryl methyl sites for hydroxylation is 1. The molecule has 2 aromatic heterocycles. The van der Waals surface area contributed by atoms with Crippen LogP contribution in [0.2, 0.25) is 0 Å². The van der Waals surface area contributed by atoms with E-state index in [0.29, 0.717) is 12.3 Å². The Morgan fingerprint density at radius 3 is 3.00 bits per heavy atom. The molecule has 0 N–H and O–H groups in total. The van der Waals surface area contributed by atoms with E-state index in [-0.39, 0.29) is 5.97 Å². The van der Waals surface area contributed by atoms with Crippen LogP contribution in [0.15, 0.2) is 17.5 Å². The maximum atomic E-state index is 11.6. The van der Waals surface area contributed by atoms with Crippen LogP contribution in [-0.4, -0.2) is 17.6 Å². The molecule has 0 aromatic carbocycles. The van der Waals surface area contributed by atoms with E-state index >= 15 is 0 Å². The van der Waals surface area contributed by atoms with Crippen LogP contribution >= 0.6 is 22.7 Å². The standard InChI is InChI=1S/C11H11NO2S2/c1-3-14-11(13)9-7(2)16-10(12-9)8-5-4-6-15-8/h4-6H,3H2,1-2H3. The number of esters is 1. The van der Waals surface area contributed by atoms with E-state index in [4.69, 9.17) is 4.74 Å². The Kier molecular flexibility index (Phi) is 3.36. The van der Waals surface area contributed by atoms with E-state index in [1.54, 1.807) is 18.3 Å². The van der Waals surface area contributed by atoms with Crippen molar-refractivity contribution in [2.75, 3.05) is 6.61 Å². The van der Waals surface area contributed by atoms with Crippen LogP contribution in [0.4, 0.5) is 0 Å². The molecule has 16 heavy (non-hydrogen) atoms. The largest absolute Gasteiger partial charge is 0.461 e. The van der Waals surface area contributed by atoms with Gasteiger partial charge in [0.15, 0.2) is 5.69 Å². The van der Waals surface area contributed by atoms with E-state index < -0.39 is 0 Å². The zero-order chi connectivity index (χ0) is 11.5. The van der Waals surface area contributed by atoms with Gasteiger partial charge >= 0.3 is 5.97 Å². The third-order valence-electron chi connectivity index (χ3n) is 2.00. The number of carbonyl (C=O) groups is 1. The molecule has 0 atom stereocenters. The number of hydrogen-bond acceptors (Lipinski definition) is 5. The minimum absolute atomic E-state index is 0.334. The first kappa shape index (κ1) is 11.3. The molecule has 84 valence electrons. The molecule has 0 aliphatic rings. The molecule has 5 heteroatoms. The van der Waals surface area contributed by atoms with Crippen LogP contribution < -0.4 is 0 Å². The predicted molar refractivity (Wildman–Crippen MR) is 66.1 cm³/mol. The van der Waals surface area contributed by atoms with Gasteiger partial charge in [-0.1, -0.05) is 6.07 Å². The number of carbonyl (C=O) groups excluding carboxylic acids is 1. The van der Waals surface area contributed by atoms with Gasteiger partial charge in [-0.2, -0.15) is 0 Å². The average Bonchev–Trinajstić information content (AvgIpc) is 2.86. The van der Waals surface area contributed by atoms with Crippen molar-refractivity contribution in [1.82, 2.24) is 4.98 Å². The molecule has 0 unspecified atom stereocenters. The fraction of sp³-hybridized carbons (Fsp3) is 0.273. The van der Waals surface area contributed by atoms with Crippen LogP contribution in [0.1, 0.15) is 22.3 Å². The molecule has 0 saturated heterocycles. The molecule has 0 spiro atoms. The van der Waals surface area contributed by atoms with Gasteiger partial charge in [0.05, 0.1) is 11.5 Å². The lowest BCUT2D eigenvalue weighted by Crippen LogP contribution is -2.06. The Labute approximate surface area is 102 Å². The predicted octanol–water partition coefficient (Wildman–Crippen LogP) is 3.36. The van der Waals surface area contributed by atoms with Gasteiger partial charge in [-0.05, 0) is 25.3 Å². The lowest BCUT2D eigenvalue weighted by molar-refractivity contribution is 0.0519. The number of thiophene rings is 1. The second kappa shape index (κ2) is 4.76. The molecule has 0 fully saturated rings. The van der Waals surface area contributed by atoms with Crippen molar-refractivity contribution >= 4 is 28.6 Å². The van der Waals surface area contributed by atoms with Crippen molar-refractivity contribution in [3.05, 3.63) is 28.1 Å². The Bertz CT molecular complexity index is 488. The van der Waals surface area contributed by atoms with Gasteiger partial charge in [-0.25, -0.2) is 9.78 Å². The fourth-order valence-corrected chi connectivity index (χ4v) is 2.99. The van der Waals surface area contributed by atoms with Gasteiger partial charge in [0.1, 0.15) is 5.01 Å². The summed E-state index contributed by atoms with van der Waals surface area (Å²) in [6, 6.07) is 3.97. The first-order chi connectivity index (χ1) is 7.72. The van der Waals surface area contributed by atoms with E-state index in [1.165, 1.54) is 11.3 Å². The quantitative estimate of drug-likeness (QED) is 0.787. The van der Waals surface area contributed by atoms with E-state index in [9.17, 15) is 4.79 Å². The molecule has 0 amide bonds. The first-order valence-corrected chi connectivity index (χ1v) is 6.60. The Morgan fingerprint density at radius 1 is 1.56 bits per heavy atom. The normalized spacial score (nSPS) is 10.4. The summed E-state index contributed by atoms with van der Waals surface area (Å²) in [5, 5.41) is 2.88. The second-order valence-corrected chi connectivity index (χ2v) is 5.27. The van der Waals surface area contributed by atoms with Gasteiger partial charge in [-0.3, -0.25) is 0 Å². The summed E-state index contributed by atoms with van der Waals surface area (Å²) in [7, 11) is 0. The zero-order valence-electron chi connectivity index (χ0n) is 9.02. The summed E-state index contributed by atoms with van der Waals surface area (Å²) in [5.74, 6) is -0.334. The van der Waals surface area contributed by atoms with Crippen molar-refractivity contribution < 1.29 is 9.53 Å². The van der Waals surface area contributed by atoms with E-state index in [1.807, 2.05) is 24.4 Å². The topological polar surface area (TPSA) is 39.2 Å². The van der Waals surface area contributed by atoms with Crippen molar-refractivity contribution in [3.8, 4) is 9.88 Å². The number of rotatable bonds is 3. The lowest BCUT2D eigenvalue weighted by Gasteiger charge is -1.97. The van der Waals surface area contributed by atoms with E-state index in [0.717, 1.165) is 14.8 Å². The van der Waals surface area contributed by atoms with Gasteiger partial charge in [-0.15, -0.1) is 22.7 Å². The number of thiazole rings is 1. The summed E-state index contributed by atoms with van der Waals surface area (Å²) in [6.45, 7) is 4.06. The highest BCUT2D eigenvalue weighted by Crippen LogP contribution is 2.30. The number of hydrogen-bond donors (Lipinski definition) is 0. The monoisotopic (exact) mass is 253 g/mol. The molecule has 3 nitrogen and oxygen atoms in total. The van der Waals surface area contributed by atoms with Crippen LogP contribution in [0.3, 0.4) is 0 Å². The summed E-state index contributed by atoms with van der Waals surface area (Å²) in [4.78, 5) is 17.9. The van der Waals surface area contributed by atoms with Gasteiger partial charge in [0.2, 0.25) is 0 Å². The molecule has 2 aromatic rings. The highest BCUT2D eigenvalue weighted by molar-refractivity contribution is 7.21. The third-order valence-corrected chi connectivity index (χ3v) is 4.01. The summed E-state index contributed by atoms with van der Waals surface area (Å²) in [5.41, 5.74) is 0.440. The van der Waals surface area contributed by atoms with E-state index in [2.05, 4.69) is 4.98 Å². The van der Waals surface area contributed by atoms with Crippen molar-refractivity contribution in [1.29, 1.82) is 0 Å². The molecule has 2 rings (SSSR count). The number of nitrogens with zero attached hydrogens (tertiary/aromatic N) is 1. The summed E-state index contributed by atoms with van der Waals surface area (Å²) in [6.07, 6.45) is 0. The second-order valence-electron chi connectivity index (χ2n) is 3.12. The maximum Gasteiger partial charge on any atom is 0.358 e. The molecule has 0 saturated carbocycles. The van der Waals surface area contributed by atoms with Crippen molar-refractivity contribution in [2.24, 2.45) is 0 Å². The van der Waals surface area contributed by atoms with Crippen molar-refractivity contribution in [3.63, 3.8) is 0 Å². The maximum absolute atomic E-state index is 11.6. The Balaban J connectivity index is 2.32. The minimum atomic E-state index is -0.334. The first-order valence-electron chi connectivity index (χ1n) is 4.90. The molecular weight excluding hydrogens is 242 g/mol. The Hall–Kier alpha value is -1.20. The van der Waals surface area contributed by atoms with Crippen LogP contribution in [0, 0.1) is 6.92 Å². The van der Waals surface area contributed by atoms with Gasteiger partial charge < -0.3 is 4.74 Å². The molecule has 0 radical (unpaired) electrons. The van der Waals surface area contributed by atoms with Gasteiger partial charge in [0.25, 0.3) is 0 Å².